The molecule has 68 valence electrons. The first kappa shape index (κ1) is 11.0. The van der Waals surface area contributed by atoms with Crippen molar-refractivity contribution in [3.8, 4) is 0 Å². The predicted molar refractivity (Wildman–Crippen MR) is 49.8 cm³/mol. The summed E-state index contributed by atoms with van der Waals surface area (Å²) >= 11 is 0. The lowest BCUT2D eigenvalue weighted by Gasteiger charge is -1.91. The highest BCUT2D eigenvalue weighted by Gasteiger charge is 1.89. The van der Waals surface area contributed by atoms with Crippen LogP contribution >= 0.6 is 0 Å². The lowest BCUT2D eigenvalue weighted by atomic mass is 10.2. The van der Waals surface area contributed by atoms with E-state index < -0.39 is 0 Å². The Balaban J connectivity index is 3.89. The minimum Gasteiger partial charge on any atom is -0.466 e. The fourth-order valence-electron chi connectivity index (χ4n) is 0.708. The topological polar surface area (TPSA) is 26.3 Å². The maximum atomic E-state index is 10.7. The molecule has 0 fully saturated rings. The van der Waals surface area contributed by atoms with Crippen LogP contribution in [0.5, 0.6) is 0 Å². The van der Waals surface area contributed by atoms with E-state index in [2.05, 4.69) is 17.7 Å². The van der Waals surface area contributed by atoms with Gasteiger partial charge >= 0.3 is 5.97 Å². The molecule has 0 spiro atoms. The molecule has 12 heavy (non-hydrogen) atoms. The summed E-state index contributed by atoms with van der Waals surface area (Å²) in [6.45, 7) is 4.09. The molecule has 0 unspecified atom stereocenters. The second-order valence-corrected chi connectivity index (χ2v) is 2.59. The summed E-state index contributed by atoms with van der Waals surface area (Å²) in [5.74, 6) is -0.306. The van der Waals surface area contributed by atoms with Crippen LogP contribution < -0.4 is 0 Å². The van der Waals surface area contributed by atoms with Gasteiger partial charge < -0.3 is 4.74 Å². The minimum atomic E-state index is -0.306. The molecule has 0 N–H and O–H groups in total. The quantitative estimate of drug-likeness (QED) is 0.366. The number of unbranched alkanes of at least 4 members (excludes halogenated alkanes) is 1. The van der Waals surface area contributed by atoms with Crippen molar-refractivity contribution >= 4 is 5.97 Å². The fraction of sp³-hybridized carbons (Fsp3) is 0.500. The normalized spacial score (nSPS) is 12.1. The van der Waals surface area contributed by atoms with Gasteiger partial charge in [0.05, 0.1) is 7.11 Å². The van der Waals surface area contributed by atoms with Gasteiger partial charge in [-0.3, -0.25) is 0 Å². The van der Waals surface area contributed by atoms with Crippen LogP contribution in [-0.2, 0) is 9.53 Å². The van der Waals surface area contributed by atoms with E-state index in [0.717, 1.165) is 18.4 Å². The number of carbonyl (C=O) groups excluding carboxylic acids is 1. The van der Waals surface area contributed by atoms with Crippen LogP contribution in [0.1, 0.15) is 26.7 Å². The van der Waals surface area contributed by atoms with Crippen molar-refractivity contribution in [3.63, 3.8) is 0 Å². The van der Waals surface area contributed by atoms with Gasteiger partial charge in [0.25, 0.3) is 0 Å². The Kier molecular flexibility index (Phi) is 6.07. The molecule has 0 aromatic heterocycles. The van der Waals surface area contributed by atoms with Crippen LogP contribution in [0.2, 0.25) is 0 Å². The first-order valence-electron chi connectivity index (χ1n) is 4.13. The van der Waals surface area contributed by atoms with E-state index in [4.69, 9.17) is 0 Å². The number of hydrogen-bond acceptors (Lipinski definition) is 2. The molecule has 0 aliphatic rings. The summed E-state index contributed by atoms with van der Waals surface area (Å²) in [7, 11) is 1.37. The fourth-order valence-corrected chi connectivity index (χ4v) is 0.708. The van der Waals surface area contributed by atoms with Crippen molar-refractivity contribution in [2.75, 3.05) is 7.11 Å². The molecule has 0 atom stereocenters. The van der Waals surface area contributed by atoms with Crippen LogP contribution in [0.15, 0.2) is 23.8 Å². The molecule has 2 nitrogen and oxygen atoms in total. The van der Waals surface area contributed by atoms with Crippen LogP contribution in [0.3, 0.4) is 0 Å². The molecule has 0 aromatic carbocycles. The molecule has 0 aromatic rings. The van der Waals surface area contributed by atoms with Crippen molar-refractivity contribution in [2.45, 2.75) is 26.7 Å². The zero-order chi connectivity index (χ0) is 9.40. The number of carbonyl (C=O) groups is 1. The van der Waals surface area contributed by atoms with E-state index in [0.29, 0.717) is 0 Å². The lowest BCUT2D eigenvalue weighted by Crippen LogP contribution is -1.93. The molecular weight excluding hydrogens is 152 g/mol. The van der Waals surface area contributed by atoms with Gasteiger partial charge in [-0.25, -0.2) is 4.79 Å². The standard InChI is InChI=1S/C10H16O2/c1-4-5-6-9(2)7-8-10(11)12-3/h6-8H,4-5H2,1-3H3. The van der Waals surface area contributed by atoms with Gasteiger partial charge in [-0.05, 0) is 13.3 Å². The Hall–Kier alpha value is -1.05. The highest BCUT2D eigenvalue weighted by Crippen LogP contribution is 1.99. The lowest BCUT2D eigenvalue weighted by molar-refractivity contribution is -0.134. The smallest absolute Gasteiger partial charge is 0.330 e. The number of allylic oxidation sites excluding steroid dienone is 3. The molecule has 0 bridgehead atoms. The molecule has 0 radical (unpaired) electrons. The Morgan fingerprint density at radius 3 is 2.58 bits per heavy atom. The van der Waals surface area contributed by atoms with E-state index in [9.17, 15) is 4.79 Å². The van der Waals surface area contributed by atoms with Gasteiger partial charge in [0.1, 0.15) is 0 Å². The molecule has 2 heteroatoms. The third-order valence-electron chi connectivity index (χ3n) is 1.44. The molecule has 0 aliphatic heterocycles. The Morgan fingerprint density at radius 2 is 2.08 bits per heavy atom. The third kappa shape index (κ3) is 5.71. The first-order chi connectivity index (χ1) is 5.70. The summed E-state index contributed by atoms with van der Waals surface area (Å²) in [4.78, 5) is 10.7. The van der Waals surface area contributed by atoms with Gasteiger partial charge in [0.15, 0.2) is 0 Å². The minimum absolute atomic E-state index is 0.306. The summed E-state index contributed by atoms with van der Waals surface area (Å²) in [6.07, 6.45) is 7.48. The van der Waals surface area contributed by atoms with Crippen molar-refractivity contribution in [1.29, 1.82) is 0 Å². The third-order valence-corrected chi connectivity index (χ3v) is 1.44. The average Bonchev–Trinajstić information content (AvgIpc) is 2.10. The molecule has 0 saturated heterocycles. The van der Waals surface area contributed by atoms with Gasteiger partial charge in [0.2, 0.25) is 0 Å². The van der Waals surface area contributed by atoms with E-state index in [1.165, 1.54) is 13.2 Å². The predicted octanol–water partition coefficient (Wildman–Crippen LogP) is 2.46. The van der Waals surface area contributed by atoms with Crippen LogP contribution in [-0.4, -0.2) is 13.1 Å². The number of hydrogen-bond donors (Lipinski definition) is 0. The van der Waals surface area contributed by atoms with Crippen LogP contribution in [0, 0.1) is 0 Å². The number of rotatable bonds is 4. The summed E-state index contributed by atoms with van der Waals surface area (Å²) in [5.41, 5.74) is 1.10. The number of esters is 1. The molecule has 0 saturated carbocycles. The van der Waals surface area contributed by atoms with Crippen molar-refractivity contribution in [3.05, 3.63) is 23.8 Å². The Labute approximate surface area is 73.9 Å². The van der Waals surface area contributed by atoms with E-state index in [1.807, 2.05) is 6.92 Å². The zero-order valence-corrected chi connectivity index (χ0v) is 7.96. The largest absolute Gasteiger partial charge is 0.466 e. The highest BCUT2D eigenvalue weighted by molar-refractivity contribution is 5.82. The van der Waals surface area contributed by atoms with E-state index in [-0.39, 0.29) is 5.97 Å². The van der Waals surface area contributed by atoms with E-state index in [1.54, 1.807) is 6.08 Å². The maximum absolute atomic E-state index is 10.7. The second-order valence-electron chi connectivity index (χ2n) is 2.59. The van der Waals surface area contributed by atoms with Crippen LogP contribution in [0.25, 0.3) is 0 Å². The first-order valence-corrected chi connectivity index (χ1v) is 4.13. The summed E-state index contributed by atoms with van der Waals surface area (Å²) < 4.78 is 4.45. The molecule has 0 heterocycles. The molecule has 0 amide bonds. The van der Waals surface area contributed by atoms with Crippen LogP contribution in [0.4, 0.5) is 0 Å². The monoisotopic (exact) mass is 168 g/mol. The SMILES string of the molecule is CCCC=C(C)C=CC(=O)OC. The van der Waals surface area contributed by atoms with Crippen molar-refractivity contribution < 1.29 is 9.53 Å². The van der Waals surface area contributed by atoms with Crippen molar-refractivity contribution in [2.24, 2.45) is 0 Å². The van der Waals surface area contributed by atoms with Gasteiger partial charge in [-0.1, -0.05) is 31.1 Å². The van der Waals surface area contributed by atoms with Gasteiger partial charge in [-0.2, -0.15) is 0 Å². The maximum Gasteiger partial charge on any atom is 0.330 e. The van der Waals surface area contributed by atoms with Gasteiger partial charge in [0, 0.05) is 6.08 Å². The number of ether oxygens (including phenoxy) is 1. The van der Waals surface area contributed by atoms with Crippen molar-refractivity contribution in [1.82, 2.24) is 0 Å². The molecule has 0 rings (SSSR count). The Bertz CT molecular complexity index is 190. The van der Waals surface area contributed by atoms with Gasteiger partial charge in [-0.15, -0.1) is 0 Å². The summed E-state index contributed by atoms with van der Waals surface area (Å²) in [6, 6.07) is 0. The molecular formula is C10H16O2. The Morgan fingerprint density at radius 1 is 1.42 bits per heavy atom. The number of methoxy groups -OCH3 is 1. The molecule has 0 aliphatic carbocycles. The van der Waals surface area contributed by atoms with E-state index >= 15 is 0 Å². The average molecular weight is 168 g/mol. The summed E-state index contributed by atoms with van der Waals surface area (Å²) in [5, 5.41) is 0. The second kappa shape index (κ2) is 6.65. The highest BCUT2D eigenvalue weighted by atomic mass is 16.5. The zero-order valence-electron chi connectivity index (χ0n) is 7.96.